The summed E-state index contributed by atoms with van der Waals surface area (Å²) in [4.78, 5) is 23.7. The van der Waals surface area contributed by atoms with Crippen LogP contribution >= 0.6 is 0 Å². The molecule has 0 spiro atoms. The molecule has 29 heavy (non-hydrogen) atoms. The first-order valence-electron chi connectivity index (χ1n) is 11.5. The lowest BCUT2D eigenvalue weighted by atomic mass is 9.85. The van der Waals surface area contributed by atoms with Gasteiger partial charge in [0.05, 0.1) is 6.10 Å². The topological polar surface area (TPSA) is 63.6 Å². The summed E-state index contributed by atoms with van der Waals surface area (Å²) in [5.41, 5.74) is 0. The first kappa shape index (κ1) is 26.0. The average Bonchev–Trinajstić information content (AvgIpc) is 3.00. The minimum atomic E-state index is -3.04. The molecule has 1 fully saturated rings. The Bertz CT molecular complexity index is 493. The van der Waals surface area contributed by atoms with E-state index >= 15 is 0 Å². The Kier molecular flexibility index (Phi) is 11.9. The zero-order valence-corrected chi connectivity index (χ0v) is 18.4. The van der Waals surface area contributed by atoms with E-state index in [0.717, 1.165) is 38.5 Å². The molecule has 0 aromatic heterocycles. The van der Waals surface area contributed by atoms with E-state index in [1.54, 1.807) is 0 Å². The van der Waals surface area contributed by atoms with Crippen molar-refractivity contribution in [3.05, 3.63) is 0 Å². The molecule has 0 amide bonds. The Balaban J connectivity index is 2.29. The highest BCUT2D eigenvalue weighted by molar-refractivity contribution is 5.83. The molecule has 0 aromatic rings. The molecular weight excluding hydrogens is 378 g/mol. The van der Waals surface area contributed by atoms with E-state index < -0.39 is 12.0 Å². The monoisotopic (exact) mass is 418 g/mol. The SMILES string of the molecule is CCCCC(F)(F)C(O)CC[C@H]1CCC(=O)[C@@H]1CCCCCCC(=O)OC(C)C. The number of halogens is 2. The normalized spacial score (nSPS) is 21.0. The van der Waals surface area contributed by atoms with Crippen molar-refractivity contribution < 1.29 is 28.2 Å². The summed E-state index contributed by atoms with van der Waals surface area (Å²) in [6, 6.07) is 0. The van der Waals surface area contributed by atoms with E-state index in [4.69, 9.17) is 4.74 Å². The summed E-state index contributed by atoms with van der Waals surface area (Å²) in [6.07, 6.45) is 5.69. The van der Waals surface area contributed by atoms with E-state index in [2.05, 4.69) is 0 Å². The minimum absolute atomic E-state index is 0.0580. The number of aliphatic hydroxyl groups is 1. The van der Waals surface area contributed by atoms with Gasteiger partial charge < -0.3 is 9.84 Å². The number of aliphatic hydroxyl groups excluding tert-OH is 1. The van der Waals surface area contributed by atoms with E-state index in [9.17, 15) is 23.5 Å². The van der Waals surface area contributed by atoms with Crippen molar-refractivity contribution >= 4 is 11.8 Å². The summed E-state index contributed by atoms with van der Waals surface area (Å²) in [5, 5.41) is 9.92. The lowest BCUT2D eigenvalue weighted by molar-refractivity contribution is -0.147. The summed E-state index contributed by atoms with van der Waals surface area (Å²) < 4.78 is 33.0. The van der Waals surface area contributed by atoms with Gasteiger partial charge in [0, 0.05) is 25.2 Å². The van der Waals surface area contributed by atoms with Gasteiger partial charge in [-0.15, -0.1) is 0 Å². The van der Waals surface area contributed by atoms with Crippen LogP contribution in [0.5, 0.6) is 0 Å². The van der Waals surface area contributed by atoms with Crippen LogP contribution in [-0.4, -0.2) is 35.0 Å². The van der Waals surface area contributed by atoms with Crippen molar-refractivity contribution in [1.29, 1.82) is 0 Å². The Labute approximate surface area is 174 Å². The maximum absolute atomic E-state index is 13.9. The molecule has 0 aliphatic heterocycles. The maximum atomic E-state index is 13.9. The lowest BCUT2D eigenvalue weighted by Gasteiger charge is -2.25. The minimum Gasteiger partial charge on any atom is -0.463 e. The van der Waals surface area contributed by atoms with Crippen LogP contribution in [0.2, 0.25) is 0 Å². The van der Waals surface area contributed by atoms with Gasteiger partial charge in [0.25, 0.3) is 5.92 Å². The molecule has 170 valence electrons. The highest BCUT2D eigenvalue weighted by atomic mass is 19.3. The van der Waals surface area contributed by atoms with Gasteiger partial charge >= 0.3 is 5.97 Å². The number of hydrogen-bond donors (Lipinski definition) is 1. The first-order valence-corrected chi connectivity index (χ1v) is 11.5. The number of esters is 1. The Morgan fingerprint density at radius 1 is 1.17 bits per heavy atom. The summed E-state index contributed by atoms with van der Waals surface area (Å²) >= 11 is 0. The molecule has 6 heteroatoms. The molecule has 0 heterocycles. The quantitative estimate of drug-likeness (QED) is 0.268. The Morgan fingerprint density at radius 2 is 1.86 bits per heavy atom. The smallest absolute Gasteiger partial charge is 0.306 e. The molecule has 1 rings (SSSR count). The predicted octanol–water partition coefficient (Wildman–Crippen LogP) is 5.84. The molecule has 1 unspecified atom stereocenters. The van der Waals surface area contributed by atoms with Crippen molar-refractivity contribution in [1.82, 2.24) is 0 Å². The van der Waals surface area contributed by atoms with Crippen LogP contribution < -0.4 is 0 Å². The predicted molar refractivity (Wildman–Crippen MR) is 110 cm³/mol. The zero-order valence-electron chi connectivity index (χ0n) is 18.4. The molecule has 4 nitrogen and oxygen atoms in total. The fraction of sp³-hybridized carbons (Fsp3) is 0.913. The standard InChI is InChI=1S/C23H40F2O4/c1-4-5-16-23(24,25)21(27)15-13-18-12-14-20(26)19(18)10-8-6-7-9-11-22(28)29-17(2)3/h17-19,21,27H,4-16H2,1-3H3/t18-,19-,21?/m1/s1. The van der Waals surface area contributed by atoms with Gasteiger partial charge in [0.2, 0.25) is 0 Å². The fourth-order valence-corrected chi connectivity index (χ4v) is 4.19. The van der Waals surface area contributed by atoms with Crippen LogP contribution in [-0.2, 0) is 14.3 Å². The van der Waals surface area contributed by atoms with Crippen molar-refractivity contribution in [2.75, 3.05) is 0 Å². The number of ketones is 1. The van der Waals surface area contributed by atoms with Gasteiger partial charge in [-0.3, -0.25) is 9.59 Å². The molecule has 0 bridgehead atoms. The van der Waals surface area contributed by atoms with E-state index in [-0.39, 0.29) is 42.5 Å². The molecule has 0 radical (unpaired) electrons. The third kappa shape index (κ3) is 10.0. The van der Waals surface area contributed by atoms with E-state index in [1.807, 2.05) is 20.8 Å². The Morgan fingerprint density at radius 3 is 2.52 bits per heavy atom. The third-order valence-electron chi connectivity index (χ3n) is 5.92. The van der Waals surface area contributed by atoms with Crippen LogP contribution in [0.25, 0.3) is 0 Å². The average molecular weight is 419 g/mol. The number of rotatable bonds is 15. The second-order valence-corrected chi connectivity index (χ2v) is 8.82. The van der Waals surface area contributed by atoms with Crippen molar-refractivity contribution in [2.24, 2.45) is 11.8 Å². The number of carbonyl (C=O) groups excluding carboxylic acids is 2. The molecule has 1 aliphatic carbocycles. The molecule has 1 aliphatic rings. The third-order valence-corrected chi connectivity index (χ3v) is 5.92. The van der Waals surface area contributed by atoms with Crippen molar-refractivity contribution in [3.8, 4) is 0 Å². The summed E-state index contributed by atoms with van der Waals surface area (Å²) in [5.74, 6) is -2.91. The second kappa shape index (κ2) is 13.3. The van der Waals surface area contributed by atoms with Gasteiger partial charge in [-0.1, -0.05) is 32.6 Å². The van der Waals surface area contributed by atoms with Gasteiger partial charge in [-0.25, -0.2) is 8.78 Å². The van der Waals surface area contributed by atoms with E-state index in [0.29, 0.717) is 32.1 Å². The largest absolute Gasteiger partial charge is 0.463 e. The number of alkyl halides is 2. The van der Waals surface area contributed by atoms with E-state index in [1.165, 1.54) is 0 Å². The second-order valence-electron chi connectivity index (χ2n) is 8.82. The first-order chi connectivity index (χ1) is 13.7. The van der Waals surface area contributed by atoms with Crippen molar-refractivity contribution in [3.63, 3.8) is 0 Å². The number of hydrogen-bond acceptors (Lipinski definition) is 4. The van der Waals surface area contributed by atoms with Crippen LogP contribution in [0.4, 0.5) is 8.78 Å². The van der Waals surface area contributed by atoms with Crippen LogP contribution in [0, 0.1) is 11.8 Å². The molecule has 1 saturated carbocycles. The lowest BCUT2D eigenvalue weighted by Crippen LogP contribution is -2.34. The highest BCUT2D eigenvalue weighted by Gasteiger charge is 2.39. The molecule has 0 aromatic carbocycles. The highest BCUT2D eigenvalue weighted by Crippen LogP contribution is 2.38. The Hall–Kier alpha value is -1.04. The number of unbranched alkanes of at least 4 members (excludes halogenated alkanes) is 4. The van der Waals surface area contributed by atoms with Gasteiger partial charge in [-0.2, -0.15) is 0 Å². The molecule has 3 atom stereocenters. The molecular formula is C23H40F2O4. The number of carbonyl (C=O) groups is 2. The fourth-order valence-electron chi connectivity index (χ4n) is 4.19. The van der Waals surface area contributed by atoms with Crippen molar-refractivity contribution in [2.45, 2.75) is 122 Å². The molecule has 1 N–H and O–H groups in total. The van der Waals surface area contributed by atoms with Crippen LogP contribution in [0.3, 0.4) is 0 Å². The number of Topliss-reactive ketones (excluding diaryl/α,β-unsaturated/α-hetero) is 1. The maximum Gasteiger partial charge on any atom is 0.306 e. The van der Waals surface area contributed by atoms with Gasteiger partial charge in [0.1, 0.15) is 11.9 Å². The molecule has 0 saturated heterocycles. The summed E-state index contributed by atoms with van der Waals surface area (Å²) in [7, 11) is 0. The summed E-state index contributed by atoms with van der Waals surface area (Å²) in [6.45, 7) is 5.52. The zero-order chi connectivity index (χ0) is 21.9. The van der Waals surface area contributed by atoms with Gasteiger partial charge in [-0.05, 0) is 58.3 Å². The van der Waals surface area contributed by atoms with Gasteiger partial charge in [0.15, 0.2) is 0 Å². The van der Waals surface area contributed by atoms with Crippen LogP contribution in [0.15, 0.2) is 0 Å². The van der Waals surface area contributed by atoms with Crippen LogP contribution in [0.1, 0.15) is 104 Å². The number of ether oxygens (including phenoxy) is 1.